The maximum atomic E-state index is 11.9. The van der Waals surface area contributed by atoms with Crippen molar-refractivity contribution in [2.24, 2.45) is 17.8 Å². The molecule has 0 spiro atoms. The van der Waals surface area contributed by atoms with Crippen LogP contribution in [0.5, 0.6) is 0 Å². The van der Waals surface area contributed by atoms with Crippen molar-refractivity contribution < 1.29 is 18.7 Å². The van der Waals surface area contributed by atoms with Gasteiger partial charge in [0.2, 0.25) is 0 Å². The van der Waals surface area contributed by atoms with E-state index in [1.807, 2.05) is 6.92 Å². The molecule has 4 nitrogen and oxygen atoms in total. The Morgan fingerprint density at radius 3 is 2.32 bits per heavy atom. The summed E-state index contributed by atoms with van der Waals surface area (Å²) in [5.74, 6) is 1.52. The van der Waals surface area contributed by atoms with Crippen LogP contribution >= 0.6 is 0 Å². The maximum absolute atomic E-state index is 11.9. The zero-order valence-corrected chi connectivity index (χ0v) is 22.2. The van der Waals surface area contributed by atoms with Gasteiger partial charge in [0.25, 0.3) is 0 Å². The lowest BCUT2D eigenvalue weighted by Gasteiger charge is -2.41. The first-order chi connectivity index (χ1) is 14.1. The van der Waals surface area contributed by atoms with Crippen LogP contribution in [0.15, 0.2) is 22.1 Å². The van der Waals surface area contributed by atoms with E-state index in [2.05, 4.69) is 53.8 Å². The van der Waals surface area contributed by atoms with E-state index in [1.54, 1.807) is 13.0 Å². The van der Waals surface area contributed by atoms with Gasteiger partial charge in [0.1, 0.15) is 19.9 Å². The number of furan rings is 1. The van der Waals surface area contributed by atoms with Gasteiger partial charge in [-0.15, -0.1) is 0 Å². The minimum absolute atomic E-state index is 0.0626. The molecule has 0 bridgehead atoms. The molecule has 1 heterocycles. The highest BCUT2D eigenvalue weighted by molar-refractivity contribution is 6.91. The third-order valence-electron chi connectivity index (χ3n) is 7.47. The molecule has 1 saturated carbocycles. The predicted octanol–water partition coefficient (Wildman–Crippen LogP) is 5.98. The van der Waals surface area contributed by atoms with Gasteiger partial charge < -0.3 is 9.15 Å². The largest absolute Gasteiger partial charge is 0.471 e. The van der Waals surface area contributed by atoms with Crippen LogP contribution in [0, 0.1) is 24.7 Å². The van der Waals surface area contributed by atoms with Gasteiger partial charge in [-0.05, 0) is 68.2 Å². The Balaban J connectivity index is 2.44. The number of esters is 1. The molecule has 31 heavy (non-hydrogen) atoms. The minimum Gasteiger partial charge on any atom is -0.471 e. The van der Waals surface area contributed by atoms with E-state index < -0.39 is 8.07 Å². The maximum Gasteiger partial charge on any atom is 0.302 e. The van der Waals surface area contributed by atoms with Gasteiger partial charge in [-0.25, -0.2) is 0 Å². The smallest absolute Gasteiger partial charge is 0.302 e. The predicted molar refractivity (Wildman–Crippen MR) is 129 cm³/mol. The van der Waals surface area contributed by atoms with Crippen molar-refractivity contribution in [3.05, 3.63) is 29.0 Å². The third kappa shape index (κ3) is 6.00. The van der Waals surface area contributed by atoms with Crippen LogP contribution in [0.1, 0.15) is 72.6 Å². The lowest BCUT2D eigenvalue weighted by molar-refractivity contribution is -0.153. The zero-order chi connectivity index (χ0) is 23.7. The molecule has 5 heteroatoms. The highest BCUT2D eigenvalue weighted by Gasteiger charge is 2.43. The van der Waals surface area contributed by atoms with Crippen LogP contribution in [-0.4, -0.2) is 25.9 Å². The number of aryl methyl sites for hydroxylation is 1. The number of hydrogen-bond acceptors (Lipinski definition) is 4. The molecule has 1 aliphatic carbocycles. The second kappa shape index (κ2) is 9.48. The third-order valence-corrected chi connectivity index (χ3v) is 12.8. The van der Waals surface area contributed by atoms with E-state index in [1.165, 1.54) is 12.5 Å². The Bertz CT molecular complexity index is 840. The highest BCUT2D eigenvalue weighted by Crippen LogP contribution is 2.42. The molecule has 1 fully saturated rings. The summed E-state index contributed by atoms with van der Waals surface area (Å²) in [5, 5.41) is 1.35. The molecule has 0 aromatic carbocycles. The van der Waals surface area contributed by atoms with Crippen molar-refractivity contribution in [2.45, 2.75) is 98.9 Å². The van der Waals surface area contributed by atoms with Gasteiger partial charge in [0.15, 0.2) is 5.78 Å². The topological polar surface area (TPSA) is 56.5 Å². The van der Waals surface area contributed by atoms with E-state index in [9.17, 15) is 9.59 Å². The van der Waals surface area contributed by atoms with Gasteiger partial charge in [-0.1, -0.05) is 46.4 Å². The average Bonchev–Trinajstić information content (AvgIpc) is 2.95. The second-order valence-electron chi connectivity index (χ2n) is 11.3. The first-order valence-corrected chi connectivity index (χ1v) is 14.6. The molecule has 0 amide bonds. The van der Waals surface area contributed by atoms with Crippen LogP contribution in [0.25, 0.3) is 0 Å². The average molecular weight is 447 g/mol. The summed E-state index contributed by atoms with van der Waals surface area (Å²) in [6.45, 7) is 21.1. The number of carbonyl (C=O) groups excluding carboxylic acids is 2. The molecule has 0 radical (unpaired) electrons. The summed E-state index contributed by atoms with van der Waals surface area (Å²) in [6, 6.07) is 2.18. The number of ketones is 1. The number of carbonyl (C=O) groups is 2. The number of rotatable bonds is 6. The Morgan fingerprint density at radius 1 is 1.19 bits per heavy atom. The first-order valence-electron chi connectivity index (χ1n) is 11.6. The quantitative estimate of drug-likeness (QED) is 0.307. The Morgan fingerprint density at radius 2 is 1.81 bits per heavy atom. The van der Waals surface area contributed by atoms with Crippen molar-refractivity contribution >= 4 is 25.2 Å². The fourth-order valence-electron chi connectivity index (χ4n) is 4.95. The molecular formula is C26H42O4Si. The molecule has 174 valence electrons. The van der Waals surface area contributed by atoms with Crippen molar-refractivity contribution in [1.82, 2.24) is 0 Å². The summed E-state index contributed by atoms with van der Waals surface area (Å²) in [6.07, 6.45) is 4.14. The number of ether oxygens (including phenoxy) is 1. The molecule has 1 aromatic rings. The normalized spacial score (nSPS) is 25.4. The lowest BCUT2D eigenvalue weighted by atomic mass is 9.68. The summed E-state index contributed by atoms with van der Waals surface area (Å²) in [5.41, 5.74) is 2.30. The van der Waals surface area contributed by atoms with Gasteiger partial charge in [-0.2, -0.15) is 0 Å². The van der Waals surface area contributed by atoms with Gasteiger partial charge in [-0.3, -0.25) is 9.59 Å². The van der Waals surface area contributed by atoms with E-state index in [0.29, 0.717) is 12.3 Å². The van der Waals surface area contributed by atoms with E-state index in [0.717, 1.165) is 29.6 Å². The summed E-state index contributed by atoms with van der Waals surface area (Å²) >= 11 is 0. The Labute approximate surface area is 189 Å². The van der Waals surface area contributed by atoms with Crippen molar-refractivity contribution in [3.63, 3.8) is 0 Å². The molecule has 1 aromatic heterocycles. The molecule has 0 unspecified atom stereocenters. The summed E-state index contributed by atoms with van der Waals surface area (Å²) < 4.78 is 12.3. The van der Waals surface area contributed by atoms with E-state index in [-0.39, 0.29) is 34.7 Å². The van der Waals surface area contributed by atoms with Crippen molar-refractivity contribution in [1.29, 1.82) is 0 Å². The van der Waals surface area contributed by atoms with E-state index >= 15 is 0 Å². The molecule has 1 aliphatic rings. The molecule has 4 atom stereocenters. The fraction of sp³-hybridized carbons (Fsp3) is 0.692. The van der Waals surface area contributed by atoms with Crippen LogP contribution < -0.4 is 5.38 Å². The van der Waals surface area contributed by atoms with E-state index in [4.69, 9.17) is 9.15 Å². The minimum atomic E-state index is -1.79. The Hall–Kier alpha value is -1.62. The number of hydrogen-bond donors (Lipinski definition) is 0. The summed E-state index contributed by atoms with van der Waals surface area (Å²) in [7, 11) is -1.79. The van der Waals surface area contributed by atoms with Crippen LogP contribution in [0.3, 0.4) is 0 Å². The van der Waals surface area contributed by atoms with Gasteiger partial charge in [0.05, 0.1) is 5.38 Å². The van der Waals surface area contributed by atoms with Crippen molar-refractivity contribution in [3.8, 4) is 0 Å². The zero-order valence-electron chi connectivity index (χ0n) is 21.2. The van der Waals surface area contributed by atoms with Crippen LogP contribution in [0.2, 0.25) is 18.1 Å². The Kier molecular flexibility index (Phi) is 7.84. The lowest BCUT2D eigenvalue weighted by Crippen LogP contribution is -2.49. The SMILES string of the molecule is CC(=O)/C=C(\C)[C@@H]1C[C@@H](C)C[C@@H](OC(C)=O)[C@H]1Cc1cc(C)c([Si](C)(C)C(C)(C)C)o1. The van der Waals surface area contributed by atoms with Crippen LogP contribution in [-0.2, 0) is 20.7 Å². The monoisotopic (exact) mass is 446 g/mol. The highest BCUT2D eigenvalue weighted by atomic mass is 28.3. The van der Waals surface area contributed by atoms with Crippen molar-refractivity contribution in [2.75, 3.05) is 0 Å². The second-order valence-corrected chi connectivity index (χ2v) is 16.5. The van der Waals surface area contributed by atoms with Gasteiger partial charge >= 0.3 is 5.97 Å². The first kappa shape index (κ1) is 25.6. The standard InChI is InChI=1S/C26H42O4Si/c1-16-11-22(17(2)13-19(4)27)23(24(12-16)29-20(5)28)15-21-14-18(3)25(30-21)31(9,10)26(6,7)8/h13-14,16,22-24H,11-12,15H2,1-10H3/b17-13+/t16-,22+,23+,24-/m1/s1. The molecule has 2 rings (SSSR count). The molecule has 0 saturated heterocycles. The van der Waals surface area contributed by atoms with Crippen LogP contribution in [0.4, 0.5) is 0 Å². The van der Waals surface area contributed by atoms with Gasteiger partial charge in [0, 0.05) is 19.3 Å². The summed E-state index contributed by atoms with van der Waals surface area (Å²) in [4.78, 5) is 23.6. The molecule has 0 N–H and O–H groups in total. The fourth-order valence-corrected chi connectivity index (χ4v) is 7.08. The molecular weight excluding hydrogens is 404 g/mol. The number of allylic oxidation sites excluding steroid dienone is 2. The molecule has 0 aliphatic heterocycles.